The quantitative estimate of drug-likeness (QED) is 0.848. The molecule has 0 aliphatic carbocycles. The second-order valence-electron chi connectivity index (χ2n) is 5.04. The van der Waals surface area contributed by atoms with Crippen LogP contribution in [0.2, 0.25) is 0 Å². The van der Waals surface area contributed by atoms with Crippen LogP contribution in [0.5, 0.6) is 0 Å². The summed E-state index contributed by atoms with van der Waals surface area (Å²) in [5.41, 5.74) is 1.54. The summed E-state index contributed by atoms with van der Waals surface area (Å²) in [6, 6.07) is 12.0. The predicted molar refractivity (Wildman–Crippen MR) is 86.9 cm³/mol. The summed E-state index contributed by atoms with van der Waals surface area (Å²) < 4.78 is 39.7. The van der Waals surface area contributed by atoms with E-state index in [0.29, 0.717) is 11.3 Å². The van der Waals surface area contributed by atoms with Crippen LogP contribution in [0.1, 0.15) is 11.1 Å². The van der Waals surface area contributed by atoms with Gasteiger partial charge in [0.25, 0.3) is 0 Å². The minimum absolute atomic E-state index is 0.121. The molecule has 2 aromatic rings. The fraction of sp³-hybridized carbons (Fsp3) is 0.188. The fourth-order valence-corrected chi connectivity index (χ4v) is 3.21. The number of amides is 1. The zero-order valence-electron chi connectivity index (χ0n) is 12.5. The van der Waals surface area contributed by atoms with Gasteiger partial charge in [-0.15, -0.1) is 0 Å². The first-order valence-corrected chi connectivity index (χ1v) is 8.57. The Morgan fingerprint density at radius 3 is 2.39 bits per heavy atom. The molecule has 0 unspecified atom stereocenters. The highest BCUT2D eigenvalue weighted by atomic mass is 32.2. The molecule has 0 aliphatic rings. The van der Waals surface area contributed by atoms with Crippen LogP contribution in [-0.2, 0) is 27.0 Å². The molecule has 0 saturated heterocycles. The van der Waals surface area contributed by atoms with E-state index in [0.717, 1.165) is 5.56 Å². The lowest BCUT2D eigenvalue weighted by Crippen LogP contribution is -2.20. The van der Waals surface area contributed by atoms with Gasteiger partial charge in [-0.05, 0) is 35.4 Å². The number of sulfonamides is 1. The number of likely N-dealkylation sites (N-methyl/N-ethyl adjacent to an activating group) is 1. The van der Waals surface area contributed by atoms with Gasteiger partial charge in [-0.3, -0.25) is 9.52 Å². The van der Waals surface area contributed by atoms with Crippen molar-refractivity contribution in [2.75, 3.05) is 11.8 Å². The van der Waals surface area contributed by atoms with Crippen molar-refractivity contribution in [3.05, 3.63) is 65.5 Å². The highest BCUT2D eigenvalue weighted by Crippen LogP contribution is 2.15. The molecule has 0 atom stereocenters. The Bertz CT molecular complexity index is 789. The number of carbonyl (C=O) groups excluding carboxylic acids is 1. The van der Waals surface area contributed by atoms with E-state index >= 15 is 0 Å². The maximum absolute atomic E-state index is 13.1. The van der Waals surface area contributed by atoms with Crippen molar-refractivity contribution in [3.63, 3.8) is 0 Å². The smallest absolute Gasteiger partial charge is 0.236 e. The molecule has 0 saturated carbocycles. The Labute approximate surface area is 134 Å². The number of hydrogen-bond acceptors (Lipinski definition) is 3. The van der Waals surface area contributed by atoms with Gasteiger partial charge >= 0.3 is 0 Å². The molecule has 7 heteroatoms. The SMILES string of the molecule is CNC(=O)Cc1ccc(NS(=O)(=O)Cc2cccc(F)c2)cc1. The highest BCUT2D eigenvalue weighted by Gasteiger charge is 2.12. The molecule has 2 aromatic carbocycles. The monoisotopic (exact) mass is 336 g/mol. The summed E-state index contributed by atoms with van der Waals surface area (Å²) in [5.74, 6) is -0.911. The number of hydrogen-bond donors (Lipinski definition) is 2. The first-order valence-electron chi connectivity index (χ1n) is 6.92. The van der Waals surface area contributed by atoms with Crippen molar-refractivity contribution >= 4 is 21.6 Å². The topological polar surface area (TPSA) is 75.3 Å². The van der Waals surface area contributed by atoms with E-state index in [9.17, 15) is 17.6 Å². The number of anilines is 1. The Morgan fingerprint density at radius 2 is 1.78 bits per heavy atom. The van der Waals surface area contributed by atoms with Crippen molar-refractivity contribution in [2.24, 2.45) is 0 Å². The Hall–Kier alpha value is -2.41. The molecular formula is C16H17FN2O3S. The minimum atomic E-state index is -3.64. The third kappa shape index (κ3) is 5.37. The summed E-state index contributed by atoms with van der Waals surface area (Å²) in [7, 11) is -2.09. The molecule has 0 fully saturated rings. The highest BCUT2D eigenvalue weighted by molar-refractivity contribution is 7.91. The van der Waals surface area contributed by atoms with Crippen molar-refractivity contribution < 1.29 is 17.6 Å². The van der Waals surface area contributed by atoms with Crippen molar-refractivity contribution in [1.29, 1.82) is 0 Å². The minimum Gasteiger partial charge on any atom is -0.359 e. The lowest BCUT2D eigenvalue weighted by molar-refractivity contribution is -0.119. The normalized spacial score (nSPS) is 11.0. The third-order valence-electron chi connectivity index (χ3n) is 3.12. The van der Waals surface area contributed by atoms with E-state index in [-0.39, 0.29) is 18.1 Å². The van der Waals surface area contributed by atoms with E-state index in [4.69, 9.17) is 0 Å². The fourth-order valence-electron chi connectivity index (χ4n) is 2.03. The largest absolute Gasteiger partial charge is 0.359 e. The molecule has 0 spiro atoms. The second kappa shape index (κ2) is 7.23. The van der Waals surface area contributed by atoms with Gasteiger partial charge in [-0.25, -0.2) is 12.8 Å². The number of halogens is 1. The summed E-state index contributed by atoms with van der Waals surface area (Å²) in [6.45, 7) is 0. The zero-order chi connectivity index (χ0) is 16.9. The molecule has 1 amide bonds. The third-order valence-corrected chi connectivity index (χ3v) is 4.38. The average Bonchev–Trinajstić information content (AvgIpc) is 2.48. The van der Waals surface area contributed by atoms with Gasteiger partial charge in [0.1, 0.15) is 5.82 Å². The van der Waals surface area contributed by atoms with Gasteiger partial charge in [0.05, 0.1) is 12.2 Å². The lowest BCUT2D eigenvalue weighted by atomic mass is 10.1. The first-order chi connectivity index (χ1) is 10.9. The molecular weight excluding hydrogens is 319 g/mol. The van der Waals surface area contributed by atoms with Gasteiger partial charge in [0, 0.05) is 12.7 Å². The van der Waals surface area contributed by atoms with Crippen LogP contribution < -0.4 is 10.0 Å². The molecule has 122 valence electrons. The average molecular weight is 336 g/mol. The maximum Gasteiger partial charge on any atom is 0.236 e. The van der Waals surface area contributed by atoms with Gasteiger partial charge in [-0.1, -0.05) is 24.3 Å². The maximum atomic E-state index is 13.1. The molecule has 0 aromatic heterocycles. The van der Waals surface area contributed by atoms with Crippen LogP contribution in [0, 0.1) is 5.82 Å². The standard InChI is InChI=1S/C16H17FN2O3S/c1-18-16(20)10-12-5-7-15(8-6-12)19-23(21,22)11-13-3-2-4-14(17)9-13/h2-9,19H,10-11H2,1H3,(H,18,20). The lowest BCUT2D eigenvalue weighted by Gasteiger charge is -2.09. The van der Waals surface area contributed by atoms with Crippen LogP contribution in [0.15, 0.2) is 48.5 Å². The van der Waals surface area contributed by atoms with Gasteiger partial charge in [0.2, 0.25) is 15.9 Å². The molecule has 2 rings (SSSR count). The molecule has 0 bridgehead atoms. The molecule has 2 N–H and O–H groups in total. The summed E-state index contributed by atoms with van der Waals surface area (Å²) >= 11 is 0. The van der Waals surface area contributed by atoms with E-state index in [1.54, 1.807) is 37.4 Å². The molecule has 23 heavy (non-hydrogen) atoms. The Morgan fingerprint density at radius 1 is 1.09 bits per heavy atom. The Balaban J connectivity index is 2.04. The van der Waals surface area contributed by atoms with Crippen LogP contribution in [0.4, 0.5) is 10.1 Å². The van der Waals surface area contributed by atoms with Crippen molar-refractivity contribution in [2.45, 2.75) is 12.2 Å². The summed E-state index contributed by atoms with van der Waals surface area (Å²) in [5, 5.41) is 2.52. The zero-order valence-corrected chi connectivity index (χ0v) is 13.4. The summed E-state index contributed by atoms with van der Waals surface area (Å²) in [4.78, 5) is 11.3. The van der Waals surface area contributed by atoms with Crippen LogP contribution >= 0.6 is 0 Å². The molecule has 0 aliphatic heterocycles. The van der Waals surface area contributed by atoms with E-state index < -0.39 is 15.8 Å². The van der Waals surface area contributed by atoms with Crippen LogP contribution in [0.25, 0.3) is 0 Å². The first kappa shape index (κ1) is 17.0. The number of nitrogens with one attached hydrogen (secondary N) is 2. The molecule has 0 heterocycles. The summed E-state index contributed by atoms with van der Waals surface area (Å²) in [6.07, 6.45) is 0.229. The second-order valence-corrected chi connectivity index (χ2v) is 6.76. The number of benzene rings is 2. The van der Waals surface area contributed by atoms with Crippen molar-refractivity contribution in [1.82, 2.24) is 5.32 Å². The molecule has 5 nitrogen and oxygen atoms in total. The van der Waals surface area contributed by atoms with Gasteiger partial charge in [0.15, 0.2) is 0 Å². The Kier molecular flexibility index (Phi) is 5.33. The van der Waals surface area contributed by atoms with Gasteiger partial charge < -0.3 is 5.32 Å². The van der Waals surface area contributed by atoms with E-state index in [1.165, 1.54) is 18.2 Å². The number of carbonyl (C=O) groups is 1. The predicted octanol–water partition coefficient (Wildman–Crippen LogP) is 2.06. The molecule has 0 radical (unpaired) electrons. The van der Waals surface area contributed by atoms with E-state index in [2.05, 4.69) is 10.0 Å². The number of rotatable bonds is 6. The van der Waals surface area contributed by atoms with Crippen LogP contribution in [-0.4, -0.2) is 21.4 Å². The van der Waals surface area contributed by atoms with Crippen LogP contribution in [0.3, 0.4) is 0 Å². The van der Waals surface area contributed by atoms with Crippen molar-refractivity contribution in [3.8, 4) is 0 Å². The van der Waals surface area contributed by atoms with E-state index in [1.807, 2.05) is 0 Å². The van der Waals surface area contributed by atoms with Gasteiger partial charge in [-0.2, -0.15) is 0 Å².